The van der Waals surface area contributed by atoms with Crippen LogP contribution in [0.3, 0.4) is 0 Å². The number of nitrogens with zero attached hydrogens (tertiary/aromatic N) is 1. The van der Waals surface area contributed by atoms with Gasteiger partial charge in [0.2, 0.25) is 5.91 Å². The van der Waals surface area contributed by atoms with Crippen LogP contribution >= 0.6 is 45.7 Å². The highest BCUT2D eigenvalue weighted by atomic mass is 127. The molecular formula is C18H15IN2OS2. The molecule has 2 aromatic carbocycles. The van der Waals surface area contributed by atoms with Crippen molar-refractivity contribution >= 4 is 57.3 Å². The quantitative estimate of drug-likeness (QED) is 0.402. The van der Waals surface area contributed by atoms with E-state index in [2.05, 4.69) is 64.1 Å². The SMILES string of the molecule is Cc1ccc(-c2csc(SCC(=O)Nc3ccccc3I)n2)cc1. The van der Waals surface area contributed by atoms with Gasteiger partial charge in [0.05, 0.1) is 17.1 Å². The van der Waals surface area contributed by atoms with E-state index in [4.69, 9.17) is 0 Å². The first kappa shape index (κ1) is 17.4. The van der Waals surface area contributed by atoms with Crippen LogP contribution in [0, 0.1) is 10.5 Å². The normalized spacial score (nSPS) is 10.6. The number of thiazole rings is 1. The molecule has 0 aliphatic rings. The van der Waals surface area contributed by atoms with Crippen LogP contribution in [0.1, 0.15) is 5.56 Å². The van der Waals surface area contributed by atoms with E-state index in [-0.39, 0.29) is 5.91 Å². The molecule has 0 unspecified atom stereocenters. The predicted octanol–water partition coefficient (Wildman–Crippen LogP) is 5.45. The monoisotopic (exact) mass is 466 g/mol. The van der Waals surface area contributed by atoms with Crippen molar-refractivity contribution in [1.29, 1.82) is 0 Å². The third kappa shape index (κ3) is 4.58. The number of para-hydroxylation sites is 1. The number of benzene rings is 2. The molecular weight excluding hydrogens is 451 g/mol. The van der Waals surface area contributed by atoms with Crippen LogP contribution in [0.15, 0.2) is 58.3 Å². The van der Waals surface area contributed by atoms with E-state index in [1.165, 1.54) is 17.3 Å². The van der Waals surface area contributed by atoms with Gasteiger partial charge in [0.1, 0.15) is 0 Å². The average Bonchev–Trinajstić information content (AvgIpc) is 3.05. The van der Waals surface area contributed by atoms with Gasteiger partial charge in [-0.25, -0.2) is 4.98 Å². The van der Waals surface area contributed by atoms with Crippen molar-refractivity contribution in [2.75, 3.05) is 11.1 Å². The Kier molecular flexibility index (Phi) is 5.91. The number of aromatic nitrogens is 1. The highest BCUT2D eigenvalue weighted by molar-refractivity contribution is 14.1. The van der Waals surface area contributed by atoms with Crippen LogP contribution in [-0.4, -0.2) is 16.6 Å². The van der Waals surface area contributed by atoms with E-state index in [1.54, 1.807) is 11.3 Å². The van der Waals surface area contributed by atoms with Crippen LogP contribution in [0.4, 0.5) is 5.69 Å². The summed E-state index contributed by atoms with van der Waals surface area (Å²) in [4.78, 5) is 16.7. The zero-order valence-corrected chi connectivity index (χ0v) is 16.7. The van der Waals surface area contributed by atoms with Crippen LogP contribution in [0.5, 0.6) is 0 Å². The van der Waals surface area contributed by atoms with Crippen LogP contribution < -0.4 is 5.32 Å². The fraction of sp³-hybridized carbons (Fsp3) is 0.111. The second kappa shape index (κ2) is 8.13. The molecule has 1 aromatic heterocycles. The standard InChI is InChI=1S/C18H15IN2OS2/c1-12-6-8-13(9-7-12)16-10-23-18(21-16)24-11-17(22)20-15-5-3-2-4-14(15)19/h2-10H,11H2,1H3,(H,20,22). The number of anilines is 1. The van der Waals surface area contributed by atoms with Crippen molar-refractivity contribution in [2.24, 2.45) is 0 Å². The zero-order valence-electron chi connectivity index (χ0n) is 13.0. The summed E-state index contributed by atoms with van der Waals surface area (Å²) in [6.07, 6.45) is 0. The molecule has 0 atom stereocenters. The van der Waals surface area contributed by atoms with Gasteiger partial charge in [-0.2, -0.15) is 0 Å². The summed E-state index contributed by atoms with van der Waals surface area (Å²) in [6, 6.07) is 16.0. The summed E-state index contributed by atoms with van der Waals surface area (Å²) in [5.74, 6) is 0.336. The lowest BCUT2D eigenvalue weighted by molar-refractivity contribution is -0.113. The van der Waals surface area contributed by atoms with E-state index in [0.717, 1.165) is 24.9 Å². The van der Waals surface area contributed by atoms with E-state index in [0.29, 0.717) is 5.75 Å². The van der Waals surface area contributed by atoms with Gasteiger partial charge in [0, 0.05) is 14.5 Å². The molecule has 122 valence electrons. The Hall–Kier alpha value is -1.38. The van der Waals surface area contributed by atoms with E-state index < -0.39 is 0 Å². The Morgan fingerprint density at radius 1 is 1.21 bits per heavy atom. The van der Waals surface area contributed by atoms with Gasteiger partial charge >= 0.3 is 0 Å². The highest BCUT2D eigenvalue weighted by Crippen LogP contribution is 2.28. The van der Waals surface area contributed by atoms with Crippen molar-refractivity contribution in [2.45, 2.75) is 11.3 Å². The molecule has 0 radical (unpaired) electrons. The number of thioether (sulfide) groups is 1. The number of carbonyl (C=O) groups is 1. The Labute approximate surface area is 163 Å². The zero-order chi connectivity index (χ0) is 16.9. The smallest absolute Gasteiger partial charge is 0.234 e. The molecule has 3 aromatic rings. The molecule has 3 nitrogen and oxygen atoms in total. The van der Waals surface area contributed by atoms with Crippen LogP contribution in [0.25, 0.3) is 11.3 Å². The molecule has 6 heteroatoms. The molecule has 0 bridgehead atoms. The first-order valence-electron chi connectivity index (χ1n) is 7.31. The minimum Gasteiger partial charge on any atom is -0.324 e. The van der Waals surface area contributed by atoms with Gasteiger partial charge < -0.3 is 5.32 Å². The van der Waals surface area contributed by atoms with E-state index in [9.17, 15) is 4.79 Å². The highest BCUT2D eigenvalue weighted by Gasteiger charge is 2.09. The summed E-state index contributed by atoms with van der Waals surface area (Å²) in [7, 11) is 0. The average molecular weight is 466 g/mol. The Morgan fingerprint density at radius 3 is 2.71 bits per heavy atom. The maximum atomic E-state index is 12.1. The number of nitrogens with one attached hydrogen (secondary N) is 1. The van der Waals surface area contributed by atoms with E-state index >= 15 is 0 Å². The summed E-state index contributed by atoms with van der Waals surface area (Å²) in [5, 5.41) is 4.97. The van der Waals surface area contributed by atoms with Gasteiger partial charge in [-0.15, -0.1) is 11.3 Å². The third-order valence-electron chi connectivity index (χ3n) is 3.31. The number of amides is 1. The molecule has 3 rings (SSSR count). The lowest BCUT2D eigenvalue weighted by atomic mass is 10.1. The first-order chi connectivity index (χ1) is 11.6. The Balaban J connectivity index is 1.58. The van der Waals surface area contributed by atoms with Crippen molar-refractivity contribution in [3.05, 3.63) is 63.0 Å². The van der Waals surface area contributed by atoms with Gasteiger partial charge in [0.25, 0.3) is 0 Å². The Morgan fingerprint density at radius 2 is 1.96 bits per heavy atom. The number of halogens is 1. The van der Waals surface area contributed by atoms with Gasteiger partial charge in [-0.3, -0.25) is 4.79 Å². The second-order valence-corrected chi connectivity index (χ2v) is 8.42. The molecule has 0 aliphatic heterocycles. The third-order valence-corrected chi connectivity index (χ3v) is 6.27. The fourth-order valence-electron chi connectivity index (χ4n) is 2.06. The number of aryl methyl sites for hydroxylation is 1. The number of hydrogen-bond donors (Lipinski definition) is 1. The lowest BCUT2D eigenvalue weighted by Gasteiger charge is -2.06. The van der Waals surface area contributed by atoms with Gasteiger partial charge in [0.15, 0.2) is 4.34 Å². The number of hydrogen-bond acceptors (Lipinski definition) is 4. The molecule has 0 aliphatic carbocycles. The van der Waals surface area contributed by atoms with Crippen molar-refractivity contribution in [3.8, 4) is 11.3 Å². The lowest BCUT2D eigenvalue weighted by Crippen LogP contribution is -2.14. The number of rotatable bonds is 5. The molecule has 0 spiro atoms. The van der Waals surface area contributed by atoms with E-state index in [1.807, 2.05) is 29.6 Å². The Bertz CT molecular complexity index is 846. The number of carbonyl (C=O) groups excluding carboxylic acids is 1. The van der Waals surface area contributed by atoms with Crippen molar-refractivity contribution in [1.82, 2.24) is 4.98 Å². The molecule has 24 heavy (non-hydrogen) atoms. The first-order valence-corrected chi connectivity index (χ1v) is 10.3. The van der Waals surface area contributed by atoms with Crippen LogP contribution in [0.2, 0.25) is 0 Å². The second-order valence-electron chi connectivity index (χ2n) is 5.18. The van der Waals surface area contributed by atoms with Gasteiger partial charge in [-0.1, -0.05) is 53.7 Å². The minimum absolute atomic E-state index is 0.0174. The summed E-state index contributed by atoms with van der Waals surface area (Å²) >= 11 is 5.25. The molecule has 0 saturated carbocycles. The van der Waals surface area contributed by atoms with Gasteiger partial charge in [-0.05, 0) is 41.6 Å². The summed E-state index contributed by atoms with van der Waals surface area (Å²) < 4.78 is 1.94. The van der Waals surface area contributed by atoms with Crippen molar-refractivity contribution in [3.63, 3.8) is 0 Å². The molecule has 1 amide bonds. The molecule has 0 saturated heterocycles. The topological polar surface area (TPSA) is 42.0 Å². The largest absolute Gasteiger partial charge is 0.324 e. The molecule has 1 heterocycles. The maximum absolute atomic E-state index is 12.1. The van der Waals surface area contributed by atoms with Crippen LogP contribution in [-0.2, 0) is 4.79 Å². The molecule has 1 N–H and O–H groups in total. The predicted molar refractivity (Wildman–Crippen MR) is 111 cm³/mol. The summed E-state index contributed by atoms with van der Waals surface area (Å²) in [5.41, 5.74) is 4.14. The van der Waals surface area contributed by atoms with Crippen molar-refractivity contribution < 1.29 is 4.79 Å². The fourth-order valence-corrected chi connectivity index (χ4v) is 4.21. The summed E-state index contributed by atoms with van der Waals surface area (Å²) in [6.45, 7) is 2.07. The maximum Gasteiger partial charge on any atom is 0.234 e. The molecule has 0 fully saturated rings. The minimum atomic E-state index is -0.0174.